The summed E-state index contributed by atoms with van der Waals surface area (Å²) in [4.78, 5) is 14.3. The molecule has 1 aromatic heterocycles. The molecule has 0 aromatic carbocycles. The quantitative estimate of drug-likeness (QED) is 0.612. The third-order valence-electron chi connectivity index (χ3n) is 2.55. The van der Waals surface area contributed by atoms with Crippen LogP contribution in [0.1, 0.15) is 12.0 Å². The molecule has 0 radical (unpaired) electrons. The fourth-order valence-corrected chi connectivity index (χ4v) is 1.66. The molecule has 1 N–H and O–H groups in total. The number of ether oxygens (including phenoxy) is 1. The Bertz CT molecular complexity index is 402. The Labute approximate surface area is 92.8 Å². The van der Waals surface area contributed by atoms with Gasteiger partial charge in [0.1, 0.15) is 6.10 Å². The molecule has 16 heavy (non-hydrogen) atoms. The van der Waals surface area contributed by atoms with Crippen molar-refractivity contribution >= 4 is 5.69 Å². The molecule has 2 heterocycles. The van der Waals surface area contributed by atoms with Crippen LogP contribution in [0.15, 0.2) is 12.3 Å². The molecule has 1 aliphatic heterocycles. The van der Waals surface area contributed by atoms with Crippen LogP contribution in [0.4, 0.5) is 5.69 Å². The fraction of sp³-hybridized carbons (Fsp3) is 0.500. The Hall–Kier alpha value is -1.69. The predicted octanol–water partition coefficient (Wildman–Crippen LogP) is 1.04. The van der Waals surface area contributed by atoms with Crippen molar-refractivity contribution in [3.8, 4) is 5.88 Å². The standard InChI is InChI=1S/C10H13N3O3/c1-7-5-12-10(4-9(7)13(14)15)16-8-2-3-11-6-8/h4-5,8,11H,2-3,6H2,1H3. The molecule has 0 saturated carbocycles. The first-order valence-electron chi connectivity index (χ1n) is 5.15. The summed E-state index contributed by atoms with van der Waals surface area (Å²) in [6, 6.07) is 1.38. The number of aryl methyl sites for hydroxylation is 1. The van der Waals surface area contributed by atoms with Crippen LogP contribution in [-0.2, 0) is 0 Å². The topological polar surface area (TPSA) is 77.3 Å². The molecule has 0 amide bonds. The van der Waals surface area contributed by atoms with Crippen LogP contribution in [0.2, 0.25) is 0 Å². The van der Waals surface area contributed by atoms with Crippen molar-refractivity contribution in [1.82, 2.24) is 10.3 Å². The van der Waals surface area contributed by atoms with Gasteiger partial charge in [-0.05, 0) is 19.9 Å². The van der Waals surface area contributed by atoms with Gasteiger partial charge in [0.15, 0.2) is 0 Å². The smallest absolute Gasteiger partial charge is 0.279 e. The van der Waals surface area contributed by atoms with E-state index < -0.39 is 4.92 Å². The first kappa shape index (κ1) is 10.8. The largest absolute Gasteiger partial charge is 0.473 e. The molecule has 1 unspecified atom stereocenters. The Morgan fingerprint density at radius 2 is 2.50 bits per heavy atom. The van der Waals surface area contributed by atoms with Gasteiger partial charge < -0.3 is 10.1 Å². The van der Waals surface area contributed by atoms with E-state index in [9.17, 15) is 10.1 Å². The van der Waals surface area contributed by atoms with Crippen molar-refractivity contribution in [2.24, 2.45) is 0 Å². The van der Waals surface area contributed by atoms with Gasteiger partial charge in [-0.1, -0.05) is 0 Å². The SMILES string of the molecule is Cc1cnc(OC2CCNC2)cc1[N+](=O)[O-]. The highest BCUT2D eigenvalue weighted by Crippen LogP contribution is 2.22. The second-order valence-corrected chi connectivity index (χ2v) is 3.80. The summed E-state index contributed by atoms with van der Waals surface area (Å²) in [5, 5.41) is 13.9. The number of nitrogens with one attached hydrogen (secondary N) is 1. The summed E-state index contributed by atoms with van der Waals surface area (Å²) in [6.45, 7) is 3.34. The summed E-state index contributed by atoms with van der Waals surface area (Å²) in [5.74, 6) is 0.325. The van der Waals surface area contributed by atoms with Gasteiger partial charge in [-0.2, -0.15) is 0 Å². The lowest BCUT2D eigenvalue weighted by atomic mass is 10.2. The van der Waals surface area contributed by atoms with Crippen molar-refractivity contribution in [3.05, 3.63) is 27.9 Å². The van der Waals surface area contributed by atoms with Crippen LogP contribution >= 0.6 is 0 Å². The summed E-state index contributed by atoms with van der Waals surface area (Å²) in [6.07, 6.45) is 2.44. The van der Waals surface area contributed by atoms with Gasteiger partial charge in [0.2, 0.25) is 5.88 Å². The lowest BCUT2D eigenvalue weighted by molar-refractivity contribution is -0.385. The first-order valence-corrected chi connectivity index (χ1v) is 5.15. The molecule has 6 heteroatoms. The van der Waals surface area contributed by atoms with Crippen LogP contribution in [0.3, 0.4) is 0 Å². The summed E-state index contributed by atoms with van der Waals surface area (Å²) in [7, 11) is 0. The number of hydrogen-bond acceptors (Lipinski definition) is 5. The maximum atomic E-state index is 10.7. The Balaban J connectivity index is 2.15. The monoisotopic (exact) mass is 223 g/mol. The number of hydrogen-bond donors (Lipinski definition) is 1. The highest BCUT2D eigenvalue weighted by Gasteiger charge is 2.19. The zero-order chi connectivity index (χ0) is 11.5. The van der Waals surface area contributed by atoms with Crippen LogP contribution in [-0.4, -0.2) is 29.1 Å². The predicted molar refractivity (Wildman–Crippen MR) is 57.5 cm³/mol. The van der Waals surface area contributed by atoms with Crippen molar-refractivity contribution in [3.63, 3.8) is 0 Å². The molecule has 1 fully saturated rings. The van der Waals surface area contributed by atoms with E-state index >= 15 is 0 Å². The van der Waals surface area contributed by atoms with E-state index in [1.54, 1.807) is 6.92 Å². The van der Waals surface area contributed by atoms with Crippen molar-refractivity contribution in [2.75, 3.05) is 13.1 Å². The van der Waals surface area contributed by atoms with E-state index in [4.69, 9.17) is 4.74 Å². The van der Waals surface area contributed by atoms with E-state index in [2.05, 4.69) is 10.3 Å². The zero-order valence-corrected chi connectivity index (χ0v) is 8.97. The lowest BCUT2D eigenvalue weighted by Crippen LogP contribution is -2.20. The van der Waals surface area contributed by atoms with E-state index in [1.807, 2.05) is 0 Å². The van der Waals surface area contributed by atoms with E-state index in [0.717, 1.165) is 19.5 Å². The summed E-state index contributed by atoms with van der Waals surface area (Å²) >= 11 is 0. The van der Waals surface area contributed by atoms with Gasteiger partial charge in [0.05, 0.1) is 11.0 Å². The van der Waals surface area contributed by atoms with Crippen LogP contribution in [0, 0.1) is 17.0 Å². The van der Waals surface area contributed by atoms with Crippen molar-refractivity contribution < 1.29 is 9.66 Å². The number of aromatic nitrogens is 1. The minimum Gasteiger partial charge on any atom is -0.473 e. The fourth-order valence-electron chi connectivity index (χ4n) is 1.66. The third kappa shape index (κ3) is 2.27. The molecule has 2 rings (SSSR count). The average molecular weight is 223 g/mol. The van der Waals surface area contributed by atoms with Gasteiger partial charge >= 0.3 is 0 Å². The Morgan fingerprint density at radius 3 is 3.12 bits per heavy atom. The second-order valence-electron chi connectivity index (χ2n) is 3.80. The molecule has 6 nitrogen and oxygen atoms in total. The van der Waals surface area contributed by atoms with Crippen LogP contribution in [0.5, 0.6) is 5.88 Å². The Morgan fingerprint density at radius 1 is 1.69 bits per heavy atom. The Kier molecular flexibility index (Phi) is 3.00. The molecule has 0 spiro atoms. The summed E-state index contributed by atoms with van der Waals surface area (Å²) in [5.41, 5.74) is 0.595. The van der Waals surface area contributed by atoms with Gasteiger partial charge in [-0.15, -0.1) is 0 Å². The maximum absolute atomic E-state index is 10.7. The highest BCUT2D eigenvalue weighted by atomic mass is 16.6. The number of pyridine rings is 1. The minimum atomic E-state index is -0.420. The molecule has 86 valence electrons. The third-order valence-corrected chi connectivity index (χ3v) is 2.55. The zero-order valence-electron chi connectivity index (χ0n) is 8.97. The van der Waals surface area contributed by atoms with E-state index in [0.29, 0.717) is 11.4 Å². The summed E-state index contributed by atoms with van der Waals surface area (Å²) < 4.78 is 5.54. The molecular formula is C10H13N3O3. The second kappa shape index (κ2) is 4.44. The molecule has 1 aliphatic rings. The minimum absolute atomic E-state index is 0.0518. The van der Waals surface area contributed by atoms with Gasteiger partial charge in [-0.25, -0.2) is 4.98 Å². The van der Waals surface area contributed by atoms with E-state index in [1.165, 1.54) is 12.3 Å². The molecule has 0 aliphatic carbocycles. The van der Waals surface area contributed by atoms with Gasteiger partial charge in [-0.3, -0.25) is 10.1 Å². The normalized spacial score (nSPS) is 19.7. The van der Waals surface area contributed by atoms with Crippen molar-refractivity contribution in [1.29, 1.82) is 0 Å². The maximum Gasteiger partial charge on any atom is 0.279 e. The first-order chi connectivity index (χ1) is 7.66. The van der Waals surface area contributed by atoms with Crippen LogP contribution < -0.4 is 10.1 Å². The van der Waals surface area contributed by atoms with Gasteiger partial charge in [0, 0.05) is 18.3 Å². The lowest BCUT2D eigenvalue weighted by Gasteiger charge is -2.11. The van der Waals surface area contributed by atoms with Gasteiger partial charge in [0.25, 0.3) is 5.69 Å². The van der Waals surface area contributed by atoms with E-state index in [-0.39, 0.29) is 11.8 Å². The molecule has 1 saturated heterocycles. The average Bonchev–Trinajstić information content (AvgIpc) is 2.73. The number of nitro groups is 1. The molecular weight excluding hydrogens is 210 g/mol. The molecule has 0 bridgehead atoms. The molecule has 1 atom stereocenters. The number of nitrogens with zero attached hydrogens (tertiary/aromatic N) is 2. The molecule has 1 aromatic rings. The van der Waals surface area contributed by atoms with Crippen molar-refractivity contribution in [2.45, 2.75) is 19.4 Å². The highest BCUT2D eigenvalue weighted by molar-refractivity contribution is 5.40. The van der Waals surface area contributed by atoms with Crippen LogP contribution in [0.25, 0.3) is 0 Å². The number of rotatable bonds is 3.